The fourth-order valence-electron chi connectivity index (χ4n) is 4.25. The van der Waals surface area contributed by atoms with Crippen LogP contribution in [0, 0.1) is 6.92 Å². The number of carbonyl (C=O) groups is 2. The van der Waals surface area contributed by atoms with Gasteiger partial charge in [0, 0.05) is 13.1 Å². The second-order valence-corrected chi connectivity index (χ2v) is 8.03. The normalized spacial score (nSPS) is 13.5. The predicted molar refractivity (Wildman–Crippen MR) is 133 cm³/mol. The van der Waals surface area contributed by atoms with E-state index in [1.165, 1.54) is 4.90 Å². The summed E-state index contributed by atoms with van der Waals surface area (Å²) in [4.78, 5) is 31.0. The molecule has 0 aliphatic carbocycles. The van der Waals surface area contributed by atoms with E-state index in [-0.39, 0.29) is 11.8 Å². The molecule has 0 spiro atoms. The predicted octanol–water partition coefficient (Wildman–Crippen LogP) is 4.82. The maximum atomic E-state index is 13.9. The largest absolute Gasteiger partial charge is 0.493 e. The third-order valence-electron chi connectivity index (χ3n) is 6.00. The topological polar surface area (TPSA) is 59.1 Å². The van der Waals surface area contributed by atoms with E-state index in [9.17, 15) is 9.59 Å². The highest BCUT2D eigenvalue weighted by atomic mass is 16.5. The van der Waals surface area contributed by atoms with Crippen molar-refractivity contribution >= 4 is 23.1 Å². The lowest BCUT2D eigenvalue weighted by atomic mass is 10.0. The van der Waals surface area contributed by atoms with Crippen molar-refractivity contribution in [3.8, 4) is 11.5 Å². The van der Waals surface area contributed by atoms with Crippen LogP contribution in [0.5, 0.6) is 11.5 Å². The van der Waals surface area contributed by atoms with Crippen LogP contribution in [0.3, 0.4) is 0 Å². The van der Waals surface area contributed by atoms with Gasteiger partial charge in [0.05, 0.1) is 25.5 Å². The summed E-state index contributed by atoms with van der Waals surface area (Å²) in [5.41, 5.74) is 3.83. The molecule has 6 heteroatoms. The van der Waals surface area contributed by atoms with Gasteiger partial charge in [0.1, 0.15) is 5.70 Å². The standard InChI is InChI=1S/C28H28N2O4/c1-5-29(18-20-12-7-6-8-13-20)26-25(21-15-16-23(33-3)24(17-21)34-4)27(31)30(28(26)32)22-14-10-9-11-19(22)2/h6-17H,5,18H2,1-4H3. The van der Waals surface area contributed by atoms with E-state index in [4.69, 9.17) is 9.47 Å². The van der Waals surface area contributed by atoms with Gasteiger partial charge in [-0.1, -0.05) is 54.6 Å². The number of benzene rings is 3. The molecule has 3 aromatic rings. The summed E-state index contributed by atoms with van der Waals surface area (Å²) in [7, 11) is 3.11. The van der Waals surface area contributed by atoms with Crippen molar-refractivity contribution in [2.75, 3.05) is 25.7 Å². The van der Waals surface area contributed by atoms with E-state index < -0.39 is 0 Å². The smallest absolute Gasteiger partial charge is 0.282 e. The fraction of sp³-hybridized carbons (Fsp3) is 0.214. The van der Waals surface area contributed by atoms with Gasteiger partial charge in [-0.05, 0) is 48.7 Å². The molecule has 0 unspecified atom stereocenters. The second kappa shape index (κ2) is 9.83. The molecule has 1 aliphatic rings. The summed E-state index contributed by atoms with van der Waals surface area (Å²) < 4.78 is 10.8. The van der Waals surface area contributed by atoms with Crippen molar-refractivity contribution in [1.82, 2.24) is 4.90 Å². The molecule has 0 bridgehead atoms. The number of carbonyl (C=O) groups excluding carboxylic acids is 2. The minimum atomic E-state index is -0.354. The first-order valence-corrected chi connectivity index (χ1v) is 11.2. The monoisotopic (exact) mass is 456 g/mol. The number of hydrogen-bond donors (Lipinski definition) is 0. The molecule has 34 heavy (non-hydrogen) atoms. The number of para-hydroxylation sites is 1. The number of imide groups is 1. The molecule has 4 rings (SSSR count). The first-order chi connectivity index (χ1) is 16.5. The lowest BCUT2D eigenvalue weighted by Crippen LogP contribution is -2.35. The molecular formula is C28H28N2O4. The van der Waals surface area contributed by atoms with Crippen molar-refractivity contribution < 1.29 is 19.1 Å². The van der Waals surface area contributed by atoms with E-state index in [0.29, 0.717) is 47.1 Å². The van der Waals surface area contributed by atoms with Gasteiger partial charge in [0.15, 0.2) is 11.5 Å². The zero-order chi connectivity index (χ0) is 24.2. The molecule has 0 radical (unpaired) electrons. The van der Waals surface area contributed by atoms with Crippen LogP contribution in [0.4, 0.5) is 5.69 Å². The zero-order valence-electron chi connectivity index (χ0n) is 19.9. The number of nitrogens with zero attached hydrogens (tertiary/aromatic N) is 2. The third-order valence-corrected chi connectivity index (χ3v) is 6.00. The first-order valence-electron chi connectivity index (χ1n) is 11.2. The van der Waals surface area contributed by atoms with E-state index in [1.807, 2.05) is 67.3 Å². The van der Waals surface area contributed by atoms with Crippen LogP contribution >= 0.6 is 0 Å². The molecule has 2 amide bonds. The molecule has 0 saturated carbocycles. The number of likely N-dealkylation sites (N-methyl/N-ethyl adjacent to an activating group) is 1. The Morgan fingerprint density at radius 2 is 1.50 bits per heavy atom. The first kappa shape index (κ1) is 23.1. The molecule has 1 heterocycles. The average molecular weight is 457 g/mol. The zero-order valence-corrected chi connectivity index (χ0v) is 19.9. The highest BCUT2D eigenvalue weighted by molar-refractivity contribution is 6.45. The lowest BCUT2D eigenvalue weighted by Gasteiger charge is -2.25. The minimum absolute atomic E-state index is 0.332. The number of hydrogen-bond acceptors (Lipinski definition) is 5. The average Bonchev–Trinajstić information content (AvgIpc) is 3.12. The van der Waals surface area contributed by atoms with Crippen LogP contribution in [-0.4, -0.2) is 37.5 Å². The van der Waals surface area contributed by atoms with Crippen LogP contribution in [0.1, 0.15) is 23.6 Å². The summed E-state index contributed by atoms with van der Waals surface area (Å²) in [6.07, 6.45) is 0. The van der Waals surface area contributed by atoms with Gasteiger partial charge in [0.25, 0.3) is 11.8 Å². The van der Waals surface area contributed by atoms with Crippen LogP contribution in [0.15, 0.2) is 78.5 Å². The highest BCUT2D eigenvalue weighted by Gasteiger charge is 2.42. The van der Waals surface area contributed by atoms with Crippen molar-refractivity contribution in [3.05, 3.63) is 95.2 Å². The molecule has 174 valence electrons. The molecule has 0 fully saturated rings. The number of aryl methyl sites for hydroxylation is 1. The maximum Gasteiger partial charge on any atom is 0.282 e. The Balaban J connectivity index is 1.88. The molecule has 3 aromatic carbocycles. The Morgan fingerprint density at radius 3 is 2.15 bits per heavy atom. The SMILES string of the molecule is CCN(Cc1ccccc1)C1=C(c2ccc(OC)c(OC)c2)C(=O)N(c2ccccc2C)C1=O. The maximum absolute atomic E-state index is 13.9. The molecule has 1 aliphatic heterocycles. The Labute approximate surface area is 200 Å². The Hall–Kier alpha value is -4.06. The van der Waals surface area contributed by atoms with Crippen molar-refractivity contribution in [1.29, 1.82) is 0 Å². The summed E-state index contributed by atoms with van der Waals surface area (Å²) in [5, 5.41) is 0. The summed E-state index contributed by atoms with van der Waals surface area (Å²) >= 11 is 0. The van der Waals surface area contributed by atoms with Crippen molar-refractivity contribution in [2.45, 2.75) is 20.4 Å². The van der Waals surface area contributed by atoms with Gasteiger partial charge in [-0.15, -0.1) is 0 Å². The highest BCUT2D eigenvalue weighted by Crippen LogP contribution is 2.39. The summed E-state index contributed by atoms with van der Waals surface area (Å²) in [6, 6.07) is 22.6. The number of anilines is 1. The molecule has 6 nitrogen and oxygen atoms in total. The van der Waals surface area contributed by atoms with Gasteiger partial charge in [-0.2, -0.15) is 0 Å². The van der Waals surface area contributed by atoms with Crippen molar-refractivity contribution in [3.63, 3.8) is 0 Å². The van der Waals surface area contributed by atoms with Crippen LogP contribution in [0.25, 0.3) is 5.57 Å². The van der Waals surface area contributed by atoms with Crippen LogP contribution in [-0.2, 0) is 16.1 Å². The quantitative estimate of drug-likeness (QED) is 0.455. The van der Waals surface area contributed by atoms with Crippen LogP contribution < -0.4 is 14.4 Å². The second-order valence-electron chi connectivity index (χ2n) is 8.03. The van der Waals surface area contributed by atoms with E-state index >= 15 is 0 Å². The number of rotatable bonds is 8. The molecule has 0 saturated heterocycles. The number of ether oxygens (including phenoxy) is 2. The van der Waals surface area contributed by atoms with Gasteiger partial charge < -0.3 is 14.4 Å². The van der Waals surface area contributed by atoms with E-state index in [2.05, 4.69) is 0 Å². The van der Waals surface area contributed by atoms with E-state index in [0.717, 1.165) is 11.1 Å². The van der Waals surface area contributed by atoms with E-state index in [1.54, 1.807) is 38.5 Å². The molecule has 0 aromatic heterocycles. The summed E-state index contributed by atoms with van der Waals surface area (Å²) in [6.45, 7) is 4.94. The van der Waals surface area contributed by atoms with Gasteiger partial charge in [0.2, 0.25) is 0 Å². The lowest BCUT2D eigenvalue weighted by molar-refractivity contribution is -0.120. The van der Waals surface area contributed by atoms with Crippen LogP contribution in [0.2, 0.25) is 0 Å². The molecular weight excluding hydrogens is 428 g/mol. The third kappa shape index (κ3) is 4.15. The number of amides is 2. The molecule has 0 N–H and O–H groups in total. The Morgan fingerprint density at radius 1 is 0.824 bits per heavy atom. The van der Waals surface area contributed by atoms with Gasteiger partial charge >= 0.3 is 0 Å². The van der Waals surface area contributed by atoms with Gasteiger partial charge in [-0.3, -0.25) is 9.59 Å². The number of methoxy groups -OCH3 is 2. The Bertz CT molecular complexity index is 1250. The molecule has 0 atom stereocenters. The minimum Gasteiger partial charge on any atom is -0.493 e. The summed E-state index contributed by atoms with van der Waals surface area (Å²) in [5.74, 6) is 0.361. The van der Waals surface area contributed by atoms with Crippen molar-refractivity contribution in [2.24, 2.45) is 0 Å². The van der Waals surface area contributed by atoms with Gasteiger partial charge in [-0.25, -0.2) is 4.90 Å². The fourth-order valence-corrected chi connectivity index (χ4v) is 4.25. The Kier molecular flexibility index (Phi) is 6.68.